The van der Waals surface area contributed by atoms with Crippen LogP contribution in [-0.2, 0) is 0 Å². The Morgan fingerprint density at radius 2 is 2.11 bits per heavy atom. The van der Waals surface area contributed by atoms with Crippen molar-refractivity contribution in [3.05, 3.63) is 35.9 Å². The van der Waals surface area contributed by atoms with Crippen LogP contribution in [0.5, 0.6) is 0 Å². The average Bonchev–Trinajstić information content (AvgIpc) is 2.49. The van der Waals surface area contributed by atoms with Crippen molar-refractivity contribution >= 4 is 5.78 Å². The Bertz CT molecular complexity index is 404. The van der Waals surface area contributed by atoms with Crippen LogP contribution in [0.3, 0.4) is 0 Å². The van der Waals surface area contributed by atoms with Gasteiger partial charge in [0.15, 0.2) is 5.78 Å². The molecule has 19 heavy (non-hydrogen) atoms. The smallest absolute Gasteiger partial charge is 0.179 e. The molecule has 0 aliphatic carbocycles. The van der Waals surface area contributed by atoms with Gasteiger partial charge in [0.05, 0.1) is 12.6 Å². The van der Waals surface area contributed by atoms with Crippen molar-refractivity contribution < 1.29 is 9.90 Å². The SMILES string of the molecule is CCC(C(=O)c1ccccc1)N1CCCCC1CO. The van der Waals surface area contributed by atoms with E-state index in [0.717, 1.165) is 37.8 Å². The van der Waals surface area contributed by atoms with Gasteiger partial charge in [-0.2, -0.15) is 0 Å². The molecule has 3 heteroatoms. The van der Waals surface area contributed by atoms with Gasteiger partial charge < -0.3 is 5.11 Å². The summed E-state index contributed by atoms with van der Waals surface area (Å²) in [5.41, 5.74) is 0.775. The maximum atomic E-state index is 12.6. The normalized spacial score (nSPS) is 22.1. The van der Waals surface area contributed by atoms with Crippen molar-refractivity contribution in [2.24, 2.45) is 0 Å². The van der Waals surface area contributed by atoms with Gasteiger partial charge in [0.25, 0.3) is 0 Å². The zero-order valence-electron chi connectivity index (χ0n) is 11.6. The second-order valence-corrected chi connectivity index (χ2v) is 5.22. The van der Waals surface area contributed by atoms with Crippen molar-refractivity contribution in [1.82, 2.24) is 4.90 Å². The predicted molar refractivity (Wildman–Crippen MR) is 76.3 cm³/mol. The molecule has 1 fully saturated rings. The third-order valence-electron chi connectivity index (χ3n) is 4.03. The fourth-order valence-electron chi connectivity index (χ4n) is 2.99. The van der Waals surface area contributed by atoms with Gasteiger partial charge in [0, 0.05) is 11.6 Å². The van der Waals surface area contributed by atoms with E-state index in [4.69, 9.17) is 0 Å². The zero-order valence-corrected chi connectivity index (χ0v) is 11.6. The second kappa shape index (κ2) is 6.83. The van der Waals surface area contributed by atoms with Crippen molar-refractivity contribution in [3.63, 3.8) is 0 Å². The van der Waals surface area contributed by atoms with Crippen LogP contribution in [0.2, 0.25) is 0 Å². The van der Waals surface area contributed by atoms with Crippen molar-refractivity contribution in [2.75, 3.05) is 13.2 Å². The second-order valence-electron chi connectivity index (χ2n) is 5.22. The highest BCUT2D eigenvalue weighted by Gasteiger charge is 2.31. The monoisotopic (exact) mass is 261 g/mol. The number of hydrogen-bond acceptors (Lipinski definition) is 3. The molecule has 2 unspecified atom stereocenters. The highest BCUT2D eigenvalue weighted by atomic mass is 16.3. The Morgan fingerprint density at radius 3 is 2.74 bits per heavy atom. The number of likely N-dealkylation sites (tertiary alicyclic amines) is 1. The topological polar surface area (TPSA) is 40.5 Å². The van der Waals surface area contributed by atoms with Gasteiger partial charge in [-0.15, -0.1) is 0 Å². The summed E-state index contributed by atoms with van der Waals surface area (Å²) in [6.45, 7) is 3.12. The molecule has 0 radical (unpaired) electrons. The maximum absolute atomic E-state index is 12.6. The Morgan fingerprint density at radius 1 is 1.37 bits per heavy atom. The molecule has 0 aromatic heterocycles. The van der Waals surface area contributed by atoms with Crippen LogP contribution < -0.4 is 0 Å². The Labute approximate surface area is 115 Å². The van der Waals surface area contributed by atoms with Crippen LogP contribution in [-0.4, -0.2) is 41.0 Å². The van der Waals surface area contributed by atoms with Crippen molar-refractivity contribution in [2.45, 2.75) is 44.7 Å². The van der Waals surface area contributed by atoms with E-state index < -0.39 is 0 Å². The molecule has 1 aliphatic rings. The number of rotatable bonds is 5. The molecule has 1 N–H and O–H groups in total. The van der Waals surface area contributed by atoms with Gasteiger partial charge in [-0.1, -0.05) is 43.7 Å². The molecule has 1 aromatic carbocycles. The summed E-state index contributed by atoms with van der Waals surface area (Å²) >= 11 is 0. The van der Waals surface area contributed by atoms with E-state index in [9.17, 15) is 9.90 Å². The summed E-state index contributed by atoms with van der Waals surface area (Å²) in [5.74, 6) is 0.184. The number of aliphatic hydroxyl groups excluding tert-OH is 1. The molecule has 1 heterocycles. The molecule has 1 aliphatic heterocycles. The number of benzene rings is 1. The highest BCUT2D eigenvalue weighted by Crippen LogP contribution is 2.23. The fraction of sp³-hybridized carbons (Fsp3) is 0.562. The highest BCUT2D eigenvalue weighted by molar-refractivity contribution is 6.00. The molecule has 3 nitrogen and oxygen atoms in total. The maximum Gasteiger partial charge on any atom is 0.179 e. The molecule has 1 saturated heterocycles. The van der Waals surface area contributed by atoms with Gasteiger partial charge in [-0.25, -0.2) is 0 Å². The number of carbonyl (C=O) groups excluding carboxylic acids is 1. The first kappa shape index (κ1) is 14.2. The largest absolute Gasteiger partial charge is 0.395 e. The lowest BCUT2D eigenvalue weighted by Gasteiger charge is -2.39. The van der Waals surface area contributed by atoms with Gasteiger partial charge in [0.1, 0.15) is 0 Å². The number of ketones is 1. The van der Waals surface area contributed by atoms with E-state index in [1.54, 1.807) is 0 Å². The number of nitrogens with zero attached hydrogens (tertiary/aromatic N) is 1. The lowest BCUT2D eigenvalue weighted by Crippen LogP contribution is -2.51. The summed E-state index contributed by atoms with van der Waals surface area (Å²) in [6, 6.07) is 9.53. The lowest BCUT2D eigenvalue weighted by molar-refractivity contribution is 0.0435. The molecule has 104 valence electrons. The molecular weight excluding hydrogens is 238 g/mol. The summed E-state index contributed by atoms with van der Waals surface area (Å²) in [7, 11) is 0. The summed E-state index contributed by atoms with van der Waals surface area (Å²) in [4.78, 5) is 14.8. The molecule has 1 aromatic rings. The van der Waals surface area contributed by atoms with Gasteiger partial charge >= 0.3 is 0 Å². The first-order valence-corrected chi connectivity index (χ1v) is 7.23. The summed E-state index contributed by atoms with van der Waals surface area (Å²) < 4.78 is 0. The fourth-order valence-corrected chi connectivity index (χ4v) is 2.99. The first-order valence-electron chi connectivity index (χ1n) is 7.23. The van der Waals surface area contributed by atoms with E-state index in [0.29, 0.717) is 0 Å². The average molecular weight is 261 g/mol. The molecule has 0 spiro atoms. The minimum absolute atomic E-state index is 0.0974. The number of carbonyl (C=O) groups is 1. The van der Waals surface area contributed by atoms with E-state index in [1.807, 2.05) is 30.3 Å². The molecular formula is C16H23NO2. The number of hydrogen-bond donors (Lipinski definition) is 1. The van der Waals surface area contributed by atoms with E-state index >= 15 is 0 Å². The summed E-state index contributed by atoms with van der Waals surface area (Å²) in [5, 5.41) is 9.51. The predicted octanol–water partition coefficient (Wildman–Crippen LogP) is 2.49. The van der Waals surface area contributed by atoms with Gasteiger partial charge in [-0.3, -0.25) is 9.69 Å². The van der Waals surface area contributed by atoms with E-state index in [2.05, 4.69) is 11.8 Å². The minimum atomic E-state index is -0.0974. The van der Waals surface area contributed by atoms with Crippen LogP contribution in [0.15, 0.2) is 30.3 Å². The molecule has 0 amide bonds. The van der Waals surface area contributed by atoms with Crippen molar-refractivity contribution in [3.8, 4) is 0 Å². The Kier molecular flexibility index (Phi) is 5.11. The molecule has 0 bridgehead atoms. The molecule has 2 atom stereocenters. The standard InChI is InChI=1S/C16H23NO2/c1-2-15(16(19)13-8-4-3-5-9-13)17-11-7-6-10-14(17)12-18/h3-5,8-9,14-15,18H,2,6-7,10-12H2,1H3. The van der Waals surface area contributed by atoms with Crippen molar-refractivity contribution in [1.29, 1.82) is 0 Å². The van der Waals surface area contributed by atoms with Crippen LogP contribution in [0.25, 0.3) is 0 Å². The van der Waals surface area contributed by atoms with Crippen LogP contribution in [0.4, 0.5) is 0 Å². The molecule has 0 saturated carbocycles. The van der Waals surface area contributed by atoms with Crippen LogP contribution >= 0.6 is 0 Å². The van der Waals surface area contributed by atoms with Gasteiger partial charge in [-0.05, 0) is 25.8 Å². The number of piperidine rings is 1. The first-order chi connectivity index (χ1) is 9.27. The quantitative estimate of drug-likeness (QED) is 0.828. The Balaban J connectivity index is 2.16. The third kappa shape index (κ3) is 3.23. The van der Waals surface area contributed by atoms with Crippen LogP contribution in [0, 0.1) is 0 Å². The third-order valence-corrected chi connectivity index (χ3v) is 4.03. The van der Waals surface area contributed by atoms with Gasteiger partial charge in [0.2, 0.25) is 0 Å². The zero-order chi connectivity index (χ0) is 13.7. The number of aliphatic hydroxyl groups is 1. The van der Waals surface area contributed by atoms with E-state index in [1.165, 1.54) is 0 Å². The minimum Gasteiger partial charge on any atom is -0.395 e. The van der Waals surface area contributed by atoms with E-state index in [-0.39, 0.29) is 24.5 Å². The number of Topliss-reactive ketones (excluding diaryl/α,β-unsaturated/α-hetero) is 1. The summed E-state index contributed by atoms with van der Waals surface area (Å²) in [6.07, 6.45) is 4.06. The molecule has 2 rings (SSSR count). The van der Waals surface area contributed by atoms with Crippen LogP contribution in [0.1, 0.15) is 43.0 Å². The lowest BCUT2D eigenvalue weighted by atomic mass is 9.94. The Hall–Kier alpha value is -1.19.